The molecule has 1 aromatic rings. The fourth-order valence-corrected chi connectivity index (χ4v) is 2.34. The molecule has 2 rings (SSSR count). The molecule has 104 valence electrons. The second kappa shape index (κ2) is 6.37. The second-order valence-corrected chi connectivity index (χ2v) is 5.28. The molecule has 1 amide bonds. The third-order valence-corrected chi connectivity index (χ3v) is 3.64. The molecule has 0 radical (unpaired) electrons. The summed E-state index contributed by atoms with van der Waals surface area (Å²) in [5, 5.41) is 3.64. The maximum Gasteiger partial charge on any atom is 0.249 e. The van der Waals surface area contributed by atoms with Crippen LogP contribution in [-0.2, 0) is 9.53 Å². The molecule has 0 bridgehead atoms. The maximum atomic E-state index is 12.1. The Bertz CT molecular complexity index is 436. The normalized spacial score (nSPS) is 24.2. The second-order valence-electron chi connectivity index (χ2n) is 4.84. The van der Waals surface area contributed by atoms with Gasteiger partial charge in [-0.1, -0.05) is 23.7 Å². The van der Waals surface area contributed by atoms with Gasteiger partial charge in [0.15, 0.2) is 0 Å². The minimum absolute atomic E-state index is 0.0154. The number of carbonyl (C=O) groups excluding carboxylic acids is 1. The number of nitrogens with two attached hydrogens (primary N) is 1. The van der Waals surface area contributed by atoms with Gasteiger partial charge in [0.1, 0.15) is 6.10 Å². The predicted molar refractivity (Wildman–Crippen MR) is 75.0 cm³/mol. The van der Waals surface area contributed by atoms with Crippen molar-refractivity contribution in [2.45, 2.75) is 38.0 Å². The molecule has 1 aromatic carbocycles. The SMILES string of the molecule is CC(NC(=O)C1CCC(CN)O1)c1ccc(Cl)cc1. The zero-order chi connectivity index (χ0) is 13.8. The molecular weight excluding hydrogens is 264 g/mol. The molecule has 1 fully saturated rings. The highest BCUT2D eigenvalue weighted by Gasteiger charge is 2.30. The minimum atomic E-state index is -0.372. The molecule has 1 aliphatic heterocycles. The lowest BCUT2D eigenvalue weighted by Gasteiger charge is -2.18. The Kier molecular flexibility index (Phi) is 4.80. The Morgan fingerprint density at radius 1 is 1.47 bits per heavy atom. The molecule has 0 spiro atoms. The molecule has 3 N–H and O–H groups in total. The Labute approximate surface area is 118 Å². The summed E-state index contributed by atoms with van der Waals surface area (Å²) in [6.07, 6.45) is 1.23. The van der Waals surface area contributed by atoms with Crippen LogP contribution < -0.4 is 11.1 Å². The highest BCUT2D eigenvalue weighted by atomic mass is 35.5. The highest BCUT2D eigenvalue weighted by molar-refractivity contribution is 6.30. The van der Waals surface area contributed by atoms with Crippen LogP contribution in [0.25, 0.3) is 0 Å². The summed E-state index contributed by atoms with van der Waals surface area (Å²) in [5.41, 5.74) is 6.55. The summed E-state index contributed by atoms with van der Waals surface area (Å²) in [6, 6.07) is 7.38. The van der Waals surface area contributed by atoms with E-state index in [2.05, 4.69) is 5.32 Å². The van der Waals surface area contributed by atoms with Crippen LogP contribution in [0.15, 0.2) is 24.3 Å². The number of halogens is 1. The van der Waals surface area contributed by atoms with Crippen LogP contribution in [0.3, 0.4) is 0 Å². The molecule has 0 aliphatic carbocycles. The number of nitrogens with one attached hydrogen (secondary N) is 1. The lowest BCUT2D eigenvalue weighted by atomic mass is 10.1. The number of ether oxygens (including phenoxy) is 1. The smallest absolute Gasteiger partial charge is 0.249 e. The zero-order valence-electron chi connectivity index (χ0n) is 10.9. The van der Waals surface area contributed by atoms with Crippen molar-refractivity contribution in [3.63, 3.8) is 0 Å². The zero-order valence-corrected chi connectivity index (χ0v) is 11.7. The number of hydrogen-bond donors (Lipinski definition) is 2. The maximum absolute atomic E-state index is 12.1. The van der Waals surface area contributed by atoms with E-state index in [9.17, 15) is 4.79 Å². The number of hydrogen-bond acceptors (Lipinski definition) is 3. The van der Waals surface area contributed by atoms with Crippen LogP contribution in [0, 0.1) is 0 Å². The van der Waals surface area contributed by atoms with Crippen LogP contribution in [0.5, 0.6) is 0 Å². The number of rotatable bonds is 4. The van der Waals surface area contributed by atoms with Crippen molar-refractivity contribution in [2.24, 2.45) is 5.73 Å². The van der Waals surface area contributed by atoms with Crippen LogP contribution >= 0.6 is 11.6 Å². The van der Waals surface area contributed by atoms with Crippen LogP contribution in [0.1, 0.15) is 31.4 Å². The van der Waals surface area contributed by atoms with Gasteiger partial charge in [-0.15, -0.1) is 0 Å². The molecule has 1 heterocycles. The average molecular weight is 283 g/mol. The van der Waals surface area contributed by atoms with Crippen LogP contribution in [-0.4, -0.2) is 24.7 Å². The van der Waals surface area contributed by atoms with Gasteiger partial charge in [0.2, 0.25) is 5.91 Å². The van der Waals surface area contributed by atoms with Gasteiger partial charge in [-0.25, -0.2) is 0 Å². The van der Waals surface area contributed by atoms with E-state index in [1.165, 1.54) is 0 Å². The minimum Gasteiger partial charge on any atom is -0.364 e. The van der Waals surface area contributed by atoms with Gasteiger partial charge < -0.3 is 15.8 Å². The van der Waals surface area contributed by atoms with Crippen molar-refractivity contribution in [3.8, 4) is 0 Å². The summed E-state index contributed by atoms with van der Waals surface area (Å²) < 4.78 is 5.57. The lowest BCUT2D eigenvalue weighted by Crippen LogP contribution is -2.36. The van der Waals surface area contributed by atoms with Crippen molar-refractivity contribution in [2.75, 3.05) is 6.54 Å². The quantitative estimate of drug-likeness (QED) is 0.888. The molecule has 4 nitrogen and oxygen atoms in total. The van der Waals surface area contributed by atoms with Crippen LogP contribution in [0.4, 0.5) is 0 Å². The van der Waals surface area contributed by atoms with Crippen LogP contribution in [0.2, 0.25) is 5.02 Å². The predicted octanol–water partition coefficient (Wildman–Crippen LogP) is 2.02. The van der Waals surface area contributed by atoms with E-state index in [4.69, 9.17) is 22.1 Å². The summed E-state index contributed by atoms with van der Waals surface area (Å²) >= 11 is 5.84. The van der Waals surface area contributed by atoms with E-state index in [1.54, 1.807) is 0 Å². The van der Waals surface area contributed by atoms with Crippen molar-refractivity contribution >= 4 is 17.5 Å². The van der Waals surface area contributed by atoms with Gasteiger partial charge in [0.25, 0.3) is 0 Å². The summed E-state index contributed by atoms with van der Waals surface area (Å²) in [5.74, 6) is -0.0709. The topological polar surface area (TPSA) is 64.4 Å². The fourth-order valence-electron chi connectivity index (χ4n) is 2.21. The third-order valence-electron chi connectivity index (χ3n) is 3.39. The summed E-state index contributed by atoms with van der Waals surface area (Å²) in [7, 11) is 0. The third kappa shape index (κ3) is 3.69. The van der Waals surface area contributed by atoms with Crippen molar-refractivity contribution in [1.29, 1.82) is 0 Å². The fraction of sp³-hybridized carbons (Fsp3) is 0.500. The van der Waals surface area contributed by atoms with Gasteiger partial charge in [0, 0.05) is 11.6 Å². The Balaban J connectivity index is 1.90. The first-order valence-electron chi connectivity index (χ1n) is 6.51. The van der Waals surface area contributed by atoms with Gasteiger partial charge in [-0.05, 0) is 37.5 Å². The van der Waals surface area contributed by atoms with Crippen molar-refractivity contribution < 1.29 is 9.53 Å². The highest BCUT2D eigenvalue weighted by Crippen LogP contribution is 2.21. The van der Waals surface area contributed by atoms with Gasteiger partial charge in [-0.3, -0.25) is 4.79 Å². The molecule has 1 aliphatic rings. The molecular formula is C14H19ClN2O2. The average Bonchev–Trinajstić information content (AvgIpc) is 2.88. The first kappa shape index (κ1) is 14.3. The van der Waals surface area contributed by atoms with Crippen molar-refractivity contribution in [3.05, 3.63) is 34.9 Å². The van der Waals surface area contributed by atoms with Gasteiger partial charge in [-0.2, -0.15) is 0 Å². The molecule has 0 aromatic heterocycles. The molecule has 5 heteroatoms. The molecule has 3 unspecified atom stereocenters. The molecule has 1 saturated heterocycles. The van der Waals surface area contributed by atoms with Crippen molar-refractivity contribution in [1.82, 2.24) is 5.32 Å². The lowest BCUT2D eigenvalue weighted by molar-refractivity contribution is -0.132. The number of carbonyl (C=O) groups is 1. The van der Waals surface area contributed by atoms with E-state index in [0.717, 1.165) is 18.4 Å². The Morgan fingerprint density at radius 2 is 2.16 bits per heavy atom. The number of benzene rings is 1. The van der Waals surface area contributed by atoms with E-state index in [0.29, 0.717) is 11.6 Å². The Hall–Kier alpha value is -1.10. The van der Waals surface area contributed by atoms with E-state index >= 15 is 0 Å². The van der Waals surface area contributed by atoms with Gasteiger partial charge >= 0.3 is 0 Å². The summed E-state index contributed by atoms with van der Waals surface area (Å²) in [6.45, 7) is 2.41. The summed E-state index contributed by atoms with van der Waals surface area (Å²) in [4.78, 5) is 12.1. The van der Waals surface area contributed by atoms with E-state index < -0.39 is 0 Å². The van der Waals surface area contributed by atoms with Gasteiger partial charge in [0.05, 0.1) is 12.1 Å². The largest absolute Gasteiger partial charge is 0.364 e. The monoisotopic (exact) mass is 282 g/mol. The molecule has 3 atom stereocenters. The standard InChI is InChI=1S/C14H19ClN2O2/c1-9(10-2-4-11(15)5-3-10)17-14(18)13-7-6-12(8-16)19-13/h2-5,9,12-13H,6-8,16H2,1H3,(H,17,18). The van der Waals surface area contributed by atoms with E-state index in [1.807, 2.05) is 31.2 Å². The molecule has 0 saturated carbocycles. The Morgan fingerprint density at radius 3 is 2.74 bits per heavy atom. The van der Waals surface area contributed by atoms with E-state index in [-0.39, 0.29) is 24.2 Å². The number of amides is 1. The molecule has 19 heavy (non-hydrogen) atoms. The first-order chi connectivity index (χ1) is 9.10. The first-order valence-corrected chi connectivity index (χ1v) is 6.89.